The van der Waals surface area contributed by atoms with Gasteiger partial charge in [0.05, 0.1) is 17.2 Å². The van der Waals surface area contributed by atoms with Crippen molar-refractivity contribution in [3.63, 3.8) is 0 Å². The highest BCUT2D eigenvalue weighted by Gasteiger charge is 2.18. The maximum absolute atomic E-state index is 13.1. The molecule has 0 unspecified atom stereocenters. The molecular formula is C14H8BrCl2FO2. The lowest BCUT2D eigenvalue weighted by molar-refractivity contribution is 0.103. The maximum Gasteiger partial charge on any atom is 0.195 e. The molecule has 0 saturated heterocycles. The molecule has 6 heteroatoms. The van der Waals surface area contributed by atoms with Crippen LogP contribution in [0.2, 0.25) is 10.0 Å². The van der Waals surface area contributed by atoms with Crippen LogP contribution in [-0.2, 0) is 0 Å². The van der Waals surface area contributed by atoms with Crippen LogP contribution >= 0.6 is 39.1 Å². The number of carbonyl (C=O) groups is 1. The van der Waals surface area contributed by atoms with Gasteiger partial charge in [-0.25, -0.2) is 4.39 Å². The van der Waals surface area contributed by atoms with E-state index in [1.807, 2.05) is 0 Å². The highest BCUT2D eigenvalue weighted by molar-refractivity contribution is 9.10. The van der Waals surface area contributed by atoms with Crippen molar-refractivity contribution in [2.45, 2.75) is 0 Å². The van der Waals surface area contributed by atoms with Gasteiger partial charge in [0.15, 0.2) is 5.78 Å². The van der Waals surface area contributed by atoms with Crippen molar-refractivity contribution in [1.82, 2.24) is 0 Å². The molecule has 0 heterocycles. The summed E-state index contributed by atoms with van der Waals surface area (Å²) in [6.45, 7) is 0. The van der Waals surface area contributed by atoms with Gasteiger partial charge in [-0.2, -0.15) is 0 Å². The zero-order valence-electron chi connectivity index (χ0n) is 10.2. The average Bonchev–Trinajstić information content (AvgIpc) is 2.40. The summed E-state index contributed by atoms with van der Waals surface area (Å²) in [6, 6.07) is 6.70. The molecule has 2 aromatic rings. The molecule has 0 aliphatic heterocycles. The Kier molecular flexibility index (Phi) is 4.68. The lowest BCUT2D eigenvalue weighted by atomic mass is 10.0. The monoisotopic (exact) mass is 376 g/mol. The molecule has 0 saturated carbocycles. The summed E-state index contributed by atoms with van der Waals surface area (Å²) in [5, 5.41) is 0.492. The molecule has 0 atom stereocenters. The van der Waals surface area contributed by atoms with Gasteiger partial charge in [0, 0.05) is 21.7 Å². The fourth-order valence-corrected chi connectivity index (χ4v) is 2.69. The van der Waals surface area contributed by atoms with Crippen molar-refractivity contribution in [3.8, 4) is 5.75 Å². The van der Waals surface area contributed by atoms with Crippen LogP contribution in [0.3, 0.4) is 0 Å². The number of rotatable bonds is 3. The van der Waals surface area contributed by atoms with E-state index in [1.54, 1.807) is 0 Å². The van der Waals surface area contributed by atoms with Crippen LogP contribution in [-0.4, -0.2) is 12.9 Å². The summed E-state index contributed by atoms with van der Waals surface area (Å²) in [4.78, 5) is 12.4. The standard InChI is InChI=1S/C14H8BrCl2FO2/c1-20-13-6-11(16)9(5-12(13)17)14(19)8-3-2-7(18)4-10(8)15/h2-6H,1H3. The summed E-state index contributed by atoms with van der Waals surface area (Å²) in [6.07, 6.45) is 0. The number of ether oxygens (including phenoxy) is 1. The summed E-state index contributed by atoms with van der Waals surface area (Å²) in [7, 11) is 1.45. The lowest BCUT2D eigenvalue weighted by Crippen LogP contribution is -2.04. The van der Waals surface area contributed by atoms with Gasteiger partial charge < -0.3 is 4.74 Å². The van der Waals surface area contributed by atoms with E-state index in [0.29, 0.717) is 15.8 Å². The number of benzene rings is 2. The van der Waals surface area contributed by atoms with Gasteiger partial charge >= 0.3 is 0 Å². The van der Waals surface area contributed by atoms with Gasteiger partial charge in [-0.05, 0) is 40.2 Å². The molecule has 0 radical (unpaired) electrons. The predicted molar refractivity (Wildman–Crippen MR) is 80.5 cm³/mol. The molecule has 104 valence electrons. The highest BCUT2D eigenvalue weighted by Crippen LogP contribution is 2.33. The molecule has 0 N–H and O–H groups in total. The average molecular weight is 378 g/mol. The first kappa shape index (κ1) is 15.3. The van der Waals surface area contributed by atoms with Gasteiger partial charge in [0.25, 0.3) is 0 Å². The van der Waals surface area contributed by atoms with Crippen molar-refractivity contribution in [2.75, 3.05) is 7.11 Å². The number of hydrogen-bond donors (Lipinski definition) is 0. The minimum absolute atomic E-state index is 0.215. The van der Waals surface area contributed by atoms with Gasteiger partial charge in [-0.15, -0.1) is 0 Å². The van der Waals surface area contributed by atoms with Crippen LogP contribution in [0.15, 0.2) is 34.8 Å². The zero-order valence-corrected chi connectivity index (χ0v) is 13.3. The van der Waals surface area contributed by atoms with E-state index in [9.17, 15) is 9.18 Å². The van der Waals surface area contributed by atoms with Crippen LogP contribution in [0, 0.1) is 5.82 Å². The molecule has 0 fully saturated rings. The molecule has 0 bridgehead atoms. The summed E-state index contributed by atoms with van der Waals surface area (Å²) in [5.41, 5.74) is 0.527. The molecule has 20 heavy (non-hydrogen) atoms. The molecule has 0 aliphatic rings. The molecule has 2 aromatic carbocycles. The first-order valence-electron chi connectivity index (χ1n) is 5.47. The molecule has 0 aromatic heterocycles. The summed E-state index contributed by atoms with van der Waals surface area (Å²) in [5.74, 6) is -0.412. The maximum atomic E-state index is 13.1. The second-order valence-electron chi connectivity index (χ2n) is 3.92. The summed E-state index contributed by atoms with van der Waals surface area (Å²) >= 11 is 15.2. The van der Waals surface area contributed by atoms with E-state index in [-0.39, 0.29) is 21.4 Å². The molecule has 0 amide bonds. The fraction of sp³-hybridized carbons (Fsp3) is 0.0714. The first-order valence-corrected chi connectivity index (χ1v) is 7.01. The third-order valence-corrected chi connectivity index (χ3v) is 3.93. The van der Waals surface area contributed by atoms with Crippen molar-refractivity contribution < 1.29 is 13.9 Å². The van der Waals surface area contributed by atoms with Crippen LogP contribution in [0.25, 0.3) is 0 Å². The largest absolute Gasteiger partial charge is 0.495 e. The van der Waals surface area contributed by atoms with E-state index in [1.165, 1.54) is 37.4 Å². The Labute approximate surface area is 133 Å². The van der Waals surface area contributed by atoms with Crippen molar-refractivity contribution >= 4 is 44.9 Å². The second kappa shape index (κ2) is 6.12. The van der Waals surface area contributed by atoms with Crippen LogP contribution in [0.4, 0.5) is 4.39 Å². The number of hydrogen-bond acceptors (Lipinski definition) is 2. The van der Waals surface area contributed by atoms with Gasteiger partial charge in [-0.3, -0.25) is 4.79 Å². The number of methoxy groups -OCH3 is 1. The third kappa shape index (κ3) is 2.97. The van der Waals surface area contributed by atoms with Crippen LogP contribution in [0.5, 0.6) is 5.75 Å². The van der Waals surface area contributed by atoms with E-state index in [4.69, 9.17) is 27.9 Å². The quantitative estimate of drug-likeness (QED) is 0.692. The highest BCUT2D eigenvalue weighted by atomic mass is 79.9. The third-order valence-electron chi connectivity index (χ3n) is 2.66. The van der Waals surface area contributed by atoms with Gasteiger partial charge in [0.2, 0.25) is 0 Å². The van der Waals surface area contributed by atoms with Crippen molar-refractivity contribution in [2.24, 2.45) is 0 Å². The first-order chi connectivity index (χ1) is 9.43. The lowest BCUT2D eigenvalue weighted by Gasteiger charge is -2.09. The Hall–Kier alpha value is -1.10. The zero-order chi connectivity index (χ0) is 14.9. The summed E-state index contributed by atoms with van der Waals surface area (Å²) < 4.78 is 18.4. The van der Waals surface area contributed by atoms with Crippen LogP contribution < -0.4 is 4.74 Å². The van der Waals surface area contributed by atoms with Crippen molar-refractivity contribution in [1.29, 1.82) is 0 Å². The fourth-order valence-electron chi connectivity index (χ4n) is 1.68. The van der Waals surface area contributed by atoms with E-state index >= 15 is 0 Å². The van der Waals surface area contributed by atoms with Gasteiger partial charge in [-0.1, -0.05) is 23.2 Å². The van der Waals surface area contributed by atoms with Crippen LogP contribution in [0.1, 0.15) is 15.9 Å². The van der Waals surface area contributed by atoms with E-state index in [2.05, 4.69) is 15.9 Å². The molecular weight excluding hydrogens is 370 g/mol. The SMILES string of the molecule is COc1cc(Cl)c(C(=O)c2ccc(F)cc2Br)cc1Cl. The number of ketones is 1. The Balaban J connectivity index is 2.51. The topological polar surface area (TPSA) is 26.3 Å². The molecule has 2 nitrogen and oxygen atoms in total. The Bertz CT molecular complexity index is 689. The Morgan fingerprint density at radius 2 is 1.85 bits per heavy atom. The van der Waals surface area contributed by atoms with E-state index in [0.717, 1.165) is 0 Å². The number of halogens is 4. The van der Waals surface area contributed by atoms with E-state index < -0.39 is 5.82 Å². The molecule has 0 aliphatic carbocycles. The Morgan fingerprint density at radius 3 is 2.45 bits per heavy atom. The van der Waals surface area contributed by atoms with Gasteiger partial charge in [0.1, 0.15) is 11.6 Å². The minimum atomic E-state index is -0.438. The predicted octanol–water partition coefficient (Wildman–Crippen LogP) is 5.13. The molecule has 0 spiro atoms. The molecule has 2 rings (SSSR count). The normalized spacial score (nSPS) is 10.4. The number of carbonyl (C=O) groups excluding carboxylic acids is 1. The van der Waals surface area contributed by atoms with Crippen molar-refractivity contribution in [3.05, 3.63) is 61.8 Å². The minimum Gasteiger partial charge on any atom is -0.495 e. The Morgan fingerprint density at radius 1 is 1.15 bits per heavy atom. The smallest absolute Gasteiger partial charge is 0.195 e. The second-order valence-corrected chi connectivity index (χ2v) is 5.59.